The second kappa shape index (κ2) is 10.8. The van der Waals surface area contributed by atoms with E-state index in [1.807, 2.05) is 0 Å². The smallest absolute Gasteiger partial charge is 0.271 e. The summed E-state index contributed by atoms with van der Waals surface area (Å²) in [4.78, 5) is 12.3. The van der Waals surface area contributed by atoms with Crippen LogP contribution in [0.3, 0.4) is 0 Å². The number of methoxy groups -OCH3 is 1. The minimum Gasteiger partial charge on any atom is -0.493 e. The monoisotopic (exact) mass is 400 g/mol. The van der Waals surface area contributed by atoms with E-state index in [1.165, 1.54) is 13.3 Å². The predicted molar refractivity (Wildman–Crippen MR) is 111 cm³/mol. The number of nitrogens with zero attached hydrogens (tertiary/aromatic N) is 1. The zero-order valence-electron chi connectivity index (χ0n) is 15.5. The van der Waals surface area contributed by atoms with Gasteiger partial charge in [-0.2, -0.15) is 5.10 Å². The largest absolute Gasteiger partial charge is 0.493 e. The van der Waals surface area contributed by atoms with Gasteiger partial charge in [0.05, 0.1) is 13.3 Å². The SMILES string of the molecule is C=CCOc1ccc(Cl)cc1/C=N/NC(=O)c1ccc(OCC=C)c(OC)c1. The average molecular weight is 401 g/mol. The molecule has 1 amide bonds. The molecule has 0 saturated carbocycles. The standard InChI is InChI=1S/C21H21ClN2O4/c1-4-10-27-18-9-7-17(22)12-16(18)14-23-24-21(25)15-6-8-19(28-11-5-2)20(13-15)26-3/h4-9,12-14H,1-2,10-11H2,3H3,(H,24,25)/b23-14+. The van der Waals surface area contributed by atoms with Crippen molar-refractivity contribution in [3.05, 3.63) is 77.9 Å². The first kappa shape index (κ1) is 21.1. The predicted octanol–water partition coefficient (Wildman–Crippen LogP) is 4.24. The van der Waals surface area contributed by atoms with Gasteiger partial charge < -0.3 is 14.2 Å². The van der Waals surface area contributed by atoms with E-state index in [0.717, 1.165) is 0 Å². The number of halogens is 1. The topological polar surface area (TPSA) is 69.2 Å². The van der Waals surface area contributed by atoms with Gasteiger partial charge in [0.1, 0.15) is 19.0 Å². The van der Waals surface area contributed by atoms with Crippen molar-refractivity contribution in [1.82, 2.24) is 5.43 Å². The number of carbonyl (C=O) groups is 1. The van der Waals surface area contributed by atoms with E-state index >= 15 is 0 Å². The normalized spacial score (nSPS) is 10.4. The highest BCUT2D eigenvalue weighted by Gasteiger charge is 2.11. The number of amides is 1. The lowest BCUT2D eigenvalue weighted by Crippen LogP contribution is -2.17. The van der Waals surface area contributed by atoms with Crippen molar-refractivity contribution >= 4 is 23.7 Å². The van der Waals surface area contributed by atoms with Crippen LogP contribution in [0.5, 0.6) is 17.2 Å². The Balaban J connectivity index is 2.10. The molecule has 0 spiro atoms. The highest BCUT2D eigenvalue weighted by Crippen LogP contribution is 2.28. The lowest BCUT2D eigenvalue weighted by Gasteiger charge is -2.10. The number of hydrogen-bond acceptors (Lipinski definition) is 5. The van der Waals surface area contributed by atoms with E-state index in [1.54, 1.807) is 48.6 Å². The molecule has 2 rings (SSSR count). The molecule has 28 heavy (non-hydrogen) atoms. The van der Waals surface area contributed by atoms with Gasteiger partial charge in [-0.25, -0.2) is 5.43 Å². The van der Waals surface area contributed by atoms with E-state index in [2.05, 4.69) is 23.7 Å². The average Bonchev–Trinajstić information content (AvgIpc) is 2.71. The molecule has 0 aliphatic heterocycles. The van der Waals surface area contributed by atoms with Crippen molar-refractivity contribution < 1.29 is 19.0 Å². The Morgan fingerprint density at radius 2 is 1.75 bits per heavy atom. The van der Waals surface area contributed by atoms with Crippen LogP contribution in [0.25, 0.3) is 0 Å². The van der Waals surface area contributed by atoms with Gasteiger partial charge in [-0.1, -0.05) is 36.9 Å². The molecule has 1 N–H and O–H groups in total. The van der Waals surface area contributed by atoms with Crippen LogP contribution in [0.15, 0.2) is 66.8 Å². The van der Waals surface area contributed by atoms with Gasteiger partial charge in [-0.15, -0.1) is 0 Å². The fourth-order valence-corrected chi connectivity index (χ4v) is 2.38. The quantitative estimate of drug-likeness (QED) is 0.368. The highest BCUT2D eigenvalue weighted by molar-refractivity contribution is 6.30. The third-order valence-corrected chi connectivity index (χ3v) is 3.72. The summed E-state index contributed by atoms with van der Waals surface area (Å²) >= 11 is 6.02. The zero-order valence-corrected chi connectivity index (χ0v) is 16.2. The molecular weight excluding hydrogens is 380 g/mol. The second-order valence-electron chi connectivity index (χ2n) is 5.45. The molecule has 6 nitrogen and oxygen atoms in total. The Morgan fingerprint density at radius 1 is 1.07 bits per heavy atom. The minimum absolute atomic E-state index is 0.335. The molecule has 0 fully saturated rings. The minimum atomic E-state index is -0.402. The van der Waals surface area contributed by atoms with Gasteiger partial charge in [-0.3, -0.25) is 4.79 Å². The van der Waals surface area contributed by atoms with Crippen LogP contribution in [0, 0.1) is 0 Å². The van der Waals surface area contributed by atoms with E-state index < -0.39 is 5.91 Å². The molecule has 2 aromatic carbocycles. The number of carbonyl (C=O) groups excluding carboxylic acids is 1. The van der Waals surface area contributed by atoms with Gasteiger partial charge >= 0.3 is 0 Å². The Hall–Kier alpha value is -3.25. The Bertz CT molecular complexity index is 881. The molecular formula is C21H21ClN2O4. The summed E-state index contributed by atoms with van der Waals surface area (Å²) in [5, 5.41) is 4.51. The first-order valence-electron chi connectivity index (χ1n) is 8.37. The number of ether oxygens (including phenoxy) is 3. The summed E-state index contributed by atoms with van der Waals surface area (Å²) in [6.07, 6.45) is 4.71. The van der Waals surface area contributed by atoms with Crippen LogP contribution in [0.2, 0.25) is 5.02 Å². The van der Waals surface area contributed by atoms with Crippen molar-refractivity contribution in [2.24, 2.45) is 5.10 Å². The van der Waals surface area contributed by atoms with Gasteiger partial charge in [0.25, 0.3) is 5.91 Å². The summed E-state index contributed by atoms with van der Waals surface area (Å²) < 4.78 is 16.3. The van der Waals surface area contributed by atoms with E-state index in [9.17, 15) is 4.79 Å². The maximum atomic E-state index is 12.3. The molecule has 0 aliphatic rings. The van der Waals surface area contributed by atoms with Crippen LogP contribution in [0.4, 0.5) is 0 Å². The van der Waals surface area contributed by atoms with Gasteiger partial charge in [0.15, 0.2) is 11.5 Å². The fourth-order valence-electron chi connectivity index (χ4n) is 2.20. The molecule has 0 aliphatic carbocycles. The molecule has 146 valence electrons. The summed E-state index contributed by atoms with van der Waals surface area (Å²) in [6, 6.07) is 9.95. The number of hydrazone groups is 1. The number of nitrogens with one attached hydrogen (secondary N) is 1. The van der Waals surface area contributed by atoms with Crippen molar-refractivity contribution in [3.8, 4) is 17.2 Å². The van der Waals surface area contributed by atoms with Gasteiger partial charge in [0.2, 0.25) is 0 Å². The Kier molecular flexibility index (Phi) is 8.11. The first-order chi connectivity index (χ1) is 13.6. The second-order valence-corrected chi connectivity index (χ2v) is 5.88. The number of hydrogen-bond donors (Lipinski definition) is 1. The maximum Gasteiger partial charge on any atom is 0.271 e. The lowest BCUT2D eigenvalue weighted by atomic mass is 10.2. The third kappa shape index (κ3) is 5.89. The Labute approximate surface area is 169 Å². The highest BCUT2D eigenvalue weighted by atomic mass is 35.5. The molecule has 0 aromatic heterocycles. The summed E-state index contributed by atoms with van der Waals surface area (Å²) in [5.74, 6) is 1.13. The lowest BCUT2D eigenvalue weighted by molar-refractivity contribution is 0.0954. The van der Waals surface area contributed by atoms with Crippen LogP contribution in [-0.4, -0.2) is 32.4 Å². The molecule has 0 heterocycles. The van der Waals surface area contributed by atoms with Crippen molar-refractivity contribution in [2.75, 3.05) is 20.3 Å². The van der Waals surface area contributed by atoms with Crippen LogP contribution in [-0.2, 0) is 0 Å². The molecule has 0 bridgehead atoms. The third-order valence-electron chi connectivity index (χ3n) is 3.48. The van der Waals surface area contributed by atoms with Crippen molar-refractivity contribution in [3.63, 3.8) is 0 Å². The van der Waals surface area contributed by atoms with Gasteiger partial charge in [-0.05, 0) is 36.4 Å². The first-order valence-corrected chi connectivity index (χ1v) is 8.75. The van der Waals surface area contributed by atoms with Crippen molar-refractivity contribution in [1.29, 1.82) is 0 Å². The van der Waals surface area contributed by atoms with E-state index in [-0.39, 0.29) is 0 Å². The summed E-state index contributed by atoms with van der Waals surface area (Å²) in [7, 11) is 1.50. The maximum absolute atomic E-state index is 12.3. The van der Waals surface area contributed by atoms with E-state index in [4.69, 9.17) is 25.8 Å². The zero-order chi connectivity index (χ0) is 20.4. The Morgan fingerprint density at radius 3 is 2.43 bits per heavy atom. The number of benzene rings is 2. The van der Waals surface area contributed by atoms with E-state index in [0.29, 0.717) is 46.6 Å². The van der Waals surface area contributed by atoms with Crippen molar-refractivity contribution in [2.45, 2.75) is 0 Å². The molecule has 0 unspecified atom stereocenters. The van der Waals surface area contributed by atoms with Gasteiger partial charge in [0, 0.05) is 16.1 Å². The fraction of sp³-hybridized carbons (Fsp3) is 0.143. The molecule has 0 saturated heterocycles. The summed E-state index contributed by atoms with van der Waals surface area (Å²) in [5.41, 5.74) is 3.46. The molecule has 7 heteroatoms. The molecule has 0 radical (unpaired) electrons. The van der Waals surface area contributed by atoms with Crippen LogP contribution < -0.4 is 19.6 Å². The van der Waals surface area contributed by atoms with Crippen LogP contribution >= 0.6 is 11.6 Å². The molecule has 2 aromatic rings. The van der Waals surface area contributed by atoms with Crippen LogP contribution in [0.1, 0.15) is 15.9 Å². The number of rotatable bonds is 10. The molecule has 0 atom stereocenters. The summed E-state index contributed by atoms with van der Waals surface area (Å²) in [6.45, 7) is 7.89.